The van der Waals surface area contributed by atoms with Gasteiger partial charge in [-0.2, -0.15) is 0 Å². The molecule has 0 unspecified atom stereocenters. The molecule has 0 fully saturated rings. The molecule has 0 aliphatic carbocycles. The van der Waals surface area contributed by atoms with Crippen molar-refractivity contribution in [3.63, 3.8) is 0 Å². The summed E-state index contributed by atoms with van der Waals surface area (Å²) in [5.41, 5.74) is 0. The number of hydrogen-bond acceptors (Lipinski definition) is 3. The summed E-state index contributed by atoms with van der Waals surface area (Å²) in [5, 5.41) is 0. The van der Waals surface area contributed by atoms with Crippen LogP contribution in [0.5, 0.6) is 0 Å². The molecule has 1 rings (SSSR count). The highest BCUT2D eigenvalue weighted by Gasteiger charge is 1.99. The molecule has 0 saturated heterocycles. The van der Waals surface area contributed by atoms with Crippen LogP contribution in [-0.2, 0) is 23.7 Å². The van der Waals surface area contributed by atoms with Crippen LogP contribution in [0.3, 0.4) is 0 Å². The number of imidazole rings is 1. The van der Waals surface area contributed by atoms with Crippen LogP contribution in [0.4, 0.5) is 0 Å². The fraction of sp³-hybridized carbons (Fsp3) is 0.824. The molecule has 0 bridgehead atoms. The highest BCUT2D eigenvalue weighted by atomic mass is 32.2. The standard InChI is InChI=1S/C16H31N2.CH4O3S/c1-3-4-5-6-7-8-9-10-11-12-13-18-15-14-17(2)16-18;1-5(2,3)4/h14-16H,3-13H2,1-2H3;1H3,(H,2,3,4)/q+1;/p-1. The van der Waals surface area contributed by atoms with E-state index >= 15 is 0 Å². The second-order valence-corrected chi connectivity index (χ2v) is 7.61. The lowest BCUT2D eigenvalue weighted by Crippen LogP contribution is -2.23. The zero-order valence-electron chi connectivity index (χ0n) is 15.0. The molecule has 5 nitrogen and oxygen atoms in total. The van der Waals surface area contributed by atoms with E-state index in [1.54, 1.807) is 0 Å². The van der Waals surface area contributed by atoms with Crippen molar-refractivity contribution < 1.29 is 17.5 Å². The van der Waals surface area contributed by atoms with Crippen LogP contribution < -0.4 is 4.57 Å². The Kier molecular flexibility index (Phi) is 13.0. The Morgan fingerprint density at radius 3 is 1.78 bits per heavy atom. The van der Waals surface area contributed by atoms with E-state index in [9.17, 15) is 0 Å². The van der Waals surface area contributed by atoms with Crippen molar-refractivity contribution in [3.8, 4) is 0 Å². The van der Waals surface area contributed by atoms with Gasteiger partial charge < -0.3 is 4.55 Å². The summed E-state index contributed by atoms with van der Waals surface area (Å²) < 4.78 is 31.6. The molecule has 1 aromatic rings. The van der Waals surface area contributed by atoms with Crippen LogP contribution >= 0.6 is 0 Å². The van der Waals surface area contributed by atoms with Gasteiger partial charge in [0.05, 0.1) is 23.7 Å². The maximum atomic E-state index is 9.08. The van der Waals surface area contributed by atoms with Crippen LogP contribution in [0.15, 0.2) is 18.7 Å². The Balaban J connectivity index is 0.000000841. The fourth-order valence-corrected chi connectivity index (χ4v) is 2.42. The van der Waals surface area contributed by atoms with E-state index in [1.165, 1.54) is 70.8 Å². The Morgan fingerprint density at radius 1 is 0.957 bits per heavy atom. The van der Waals surface area contributed by atoms with E-state index in [0.717, 1.165) is 0 Å². The number of hydrogen-bond donors (Lipinski definition) is 0. The Morgan fingerprint density at radius 2 is 1.39 bits per heavy atom. The minimum Gasteiger partial charge on any atom is -0.748 e. The van der Waals surface area contributed by atoms with E-state index in [2.05, 4.69) is 41.8 Å². The molecule has 0 atom stereocenters. The third-order valence-electron chi connectivity index (χ3n) is 3.59. The normalized spacial score (nSPS) is 11.1. The maximum absolute atomic E-state index is 9.08. The molecule has 0 amide bonds. The van der Waals surface area contributed by atoms with Crippen LogP contribution in [-0.4, -0.2) is 23.8 Å². The first-order valence-corrected chi connectivity index (χ1v) is 10.6. The molecule has 1 aromatic heterocycles. The molecule has 6 heteroatoms. The number of aromatic nitrogens is 2. The van der Waals surface area contributed by atoms with Crippen LogP contribution in [0.1, 0.15) is 71.1 Å². The molecule has 0 aromatic carbocycles. The summed E-state index contributed by atoms with van der Waals surface area (Å²) in [4.78, 5) is 0. The Hall–Kier alpha value is -0.880. The van der Waals surface area contributed by atoms with E-state index < -0.39 is 10.1 Å². The summed E-state index contributed by atoms with van der Waals surface area (Å²) in [6, 6.07) is 0. The lowest BCUT2D eigenvalue weighted by Gasteiger charge is -2.01. The number of rotatable bonds is 11. The van der Waals surface area contributed by atoms with Gasteiger partial charge in [-0.05, 0) is 12.8 Å². The van der Waals surface area contributed by atoms with Crippen LogP contribution in [0.2, 0.25) is 0 Å². The van der Waals surface area contributed by atoms with E-state index in [1.807, 2.05) is 0 Å². The molecule has 0 N–H and O–H groups in total. The van der Waals surface area contributed by atoms with Gasteiger partial charge in [0.2, 0.25) is 6.33 Å². The first-order chi connectivity index (χ1) is 10.8. The SMILES string of the molecule is CCCCCCCCCCCCn1cc[n+](C)c1.CS(=O)(=O)[O-]. The molecule has 136 valence electrons. The summed E-state index contributed by atoms with van der Waals surface area (Å²) >= 11 is 0. The molecule has 0 saturated carbocycles. The lowest BCUT2D eigenvalue weighted by molar-refractivity contribution is -0.671. The highest BCUT2D eigenvalue weighted by Crippen LogP contribution is 2.10. The third-order valence-corrected chi connectivity index (χ3v) is 3.59. The third kappa shape index (κ3) is 19.1. The van der Waals surface area contributed by atoms with Crippen molar-refractivity contribution in [2.45, 2.75) is 77.7 Å². The van der Waals surface area contributed by atoms with Crippen molar-refractivity contribution in [3.05, 3.63) is 18.7 Å². The van der Waals surface area contributed by atoms with Crippen LogP contribution in [0.25, 0.3) is 0 Å². The van der Waals surface area contributed by atoms with Gasteiger partial charge in [-0.3, -0.25) is 0 Å². The Labute approximate surface area is 142 Å². The molecular formula is C17H34N2O3S. The Bertz CT molecular complexity index is 476. The van der Waals surface area contributed by atoms with Crippen molar-refractivity contribution in [1.82, 2.24) is 4.57 Å². The molecule has 0 aliphatic rings. The minimum absolute atomic E-state index is 0.604. The van der Waals surface area contributed by atoms with Crippen LogP contribution in [0, 0.1) is 0 Å². The second kappa shape index (κ2) is 13.5. The highest BCUT2D eigenvalue weighted by molar-refractivity contribution is 7.84. The second-order valence-electron chi connectivity index (χ2n) is 6.20. The van der Waals surface area contributed by atoms with Gasteiger partial charge in [-0.25, -0.2) is 17.6 Å². The van der Waals surface area contributed by atoms with Crippen molar-refractivity contribution in [2.75, 3.05) is 6.26 Å². The smallest absolute Gasteiger partial charge is 0.243 e. The number of aryl methyl sites for hydroxylation is 2. The predicted octanol–water partition coefficient (Wildman–Crippen LogP) is 3.39. The molecule has 1 heterocycles. The van der Waals surface area contributed by atoms with Gasteiger partial charge in [-0.15, -0.1) is 0 Å². The van der Waals surface area contributed by atoms with Crippen molar-refractivity contribution >= 4 is 10.1 Å². The van der Waals surface area contributed by atoms with Gasteiger partial charge in [0.1, 0.15) is 12.4 Å². The van der Waals surface area contributed by atoms with Gasteiger partial charge in [0.15, 0.2) is 0 Å². The lowest BCUT2D eigenvalue weighted by atomic mass is 10.1. The van der Waals surface area contributed by atoms with Gasteiger partial charge in [0, 0.05) is 6.26 Å². The summed E-state index contributed by atoms with van der Waals surface area (Å²) in [5.74, 6) is 0. The first kappa shape index (κ1) is 22.1. The molecule has 0 radical (unpaired) electrons. The van der Waals surface area contributed by atoms with Gasteiger partial charge >= 0.3 is 0 Å². The van der Waals surface area contributed by atoms with Gasteiger partial charge in [-0.1, -0.05) is 58.3 Å². The average molecular weight is 347 g/mol. The van der Waals surface area contributed by atoms with E-state index in [4.69, 9.17) is 13.0 Å². The monoisotopic (exact) mass is 346 g/mol. The largest absolute Gasteiger partial charge is 0.748 e. The van der Waals surface area contributed by atoms with Crippen molar-refractivity contribution in [2.24, 2.45) is 7.05 Å². The van der Waals surface area contributed by atoms with E-state index in [0.29, 0.717) is 6.26 Å². The summed E-state index contributed by atoms with van der Waals surface area (Å²) in [6.45, 7) is 3.46. The molecule has 23 heavy (non-hydrogen) atoms. The first-order valence-electron chi connectivity index (χ1n) is 8.74. The average Bonchev–Trinajstić information content (AvgIpc) is 2.85. The molecule has 0 aliphatic heterocycles. The molecule has 0 spiro atoms. The quantitative estimate of drug-likeness (QED) is 0.350. The predicted molar refractivity (Wildman–Crippen MR) is 93.1 cm³/mol. The van der Waals surface area contributed by atoms with Gasteiger partial charge in [0.25, 0.3) is 0 Å². The zero-order chi connectivity index (χ0) is 17.6. The fourth-order valence-electron chi connectivity index (χ4n) is 2.42. The molecular weight excluding hydrogens is 312 g/mol. The summed E-state index contributed by atoms with van der Waals surface area (Å²) in [6.07, 6.45) is 21.2. The topological polar surface area (TPSA) is 66.0 Å². The van der Waals surface area contributed by atoms with Crippen molar-refractivity contribution in [1.29, 1.82) is 0 Å². The zero-order valence-corrected chi connectivity index (χ0v) is 15.9. The maximum Gasteiger partial charge on any atom is 0.243 e. The number of nitrogens with zero attached hydrogens (tertiary/aromatic N) is 2. The number of unbranched alkanes of at least 4 members (excludes halogenated alkanes) is 9. The van der Waals surface area contributed by atoms with E-state index in [-0.39, 0.29) is 0 Å². The minimum atomic E-state index is -3.92. The summed E-state index contributed by atoms with van der Waals surface area (Å²) in [7, 11) is -1.84.